The van der Waals surface area contributed by atoms with Gasteiger partial charge in [-0.05, 0) is 38.1 Å². The van der Waals surface area contributed by atoms with E-state index in [0.717, 1.165) is 5.56 Å². The molecule has 0 unspecified atom stereocenters. The van der Waals surface area contributed by atoms with E-state index < -0.39 is 11.9 Å². The zero-order valence-corrected chi connectivity index (χ0v) is 16.8. The molecule has 0 aliphatic rings. The third-order valence-electron chi connectivity index (χ3n) is 4.34. The van der Waals surface area contributed by atoms with Crippen LogP contribution in [0.2, 0.25) is 0 Å². The molecule has 3 aromatic rings. The van der Waals surface area contributed by atoms with Crippen molar-refractivity contribution in [1.29, 1.82) is 0 Å². The molecule has 0 bridgehead atoms. The molecule has 0 aliphatic carbocycles. The molecule has 0 saturated heterocycles. The van der Waals surface area contributed by atoms with Gasteiger partial charge in [0.25, 0.3) is 0 Å². The van der Waals surface area contributed by atoms with Crippen molar-refractivity contribution in [1.82, 2.24) is 9.78 Å². The van der Waals surface area contributed by atoms with E-state index in [1.807, 2.05) is 50.2 Å². The largest absolute Gasteiger partial charge is 0.493 e. The minimum Gasteiger partial charge on any atom is -0.493 e. The average Bonchev–Trinajstić information content (AvgIpc) is 3.15. The second kappa shape index (κ2) is 8.60. The van der Waals surface area contributed by atoms with Crippen LogP contribution in [0.25, 0.3) is 16.9 Å². The quantitative estimate of drug-likeness (QED) is 0.592. The molecule has 0 N–H and O–H groups in total. The number of hydrogen-bond donors (Lipinski definition) is 0. The van der Waals surface area contributed by atoms with Crippen LogP contribution in [-0.4, -0.2) is 42.5 Å². The van der Waals surface area contributed by atoms with Gasteiger partial charge in [-0.15, -0.1) is 0 Å². The summed E-state index contributed by atoms with van der Waals surface area (Å²) >= 11 is 0. The number of esters is 2. The van der Waals surface area contributed by atoms with E-state index in [1.54, 1.807) is 12.1 Å². The summed E-state index contributed by atoms with van der Waals surface area (Å²) < 4.78 is 17.1. The smallest absolute Gasteiger partial charge is 0.357 e. The van der Waals surface area contributed by atoms with Gasteiger partial charge in [0.2, 0.25) is 0 Å². The Balaban J connectivity index is 2.39. The number of nitrogens with zero attached hydrogens (tertiary/aromatic N) is 2. The van der Waals surface area contributed by atoms with Crippen LogP contribution in [0, 0.1) is 6.92 Å². The fraction of sp³-hybridized carbons (Fsp3) is 0.227. The maximum Gasteiger partial charge on any atom is 0.357 e. The van der Waals surface area contributed by atoms with Gasteiger partial charge in [0.15, 0.2) is 5.69 Å². The van der Waals surface area contributed by atoms with E-state index in [0.29, 0.717) is 23.6 Å². The molecule has 0 radical (unpaired) electrons. The maximum absolute atomic E-state index is 12.7. The SMILES string of the molecule is CCOc1ccc(C)cc1-c1nn(-c2ccccc2)c(C(=O)OC)c1C(=O)OC. The van der Waals surface area contributed by atoms with Gasteiger partial charge in [-0.1, -0.05) is 29.8 Å². The van der Waals surface area contributed by atoms with Crippen molar-refractivity contribution in [2.24, 2.45) is 0 Å². The van der Waals surface area contributed by atoms with Crippen LogP contribution in [0.1, 0.15) is 33.3 Å². The van der Waals surface area contributed by atoms with Gasteiger partial charge in [-0.2, -0.15) is 5.10 Å². The fourth-order valence-electron chi connectivity index (χ4n) is 3.05. The summed E-state index contributed by atoms with van der Waals surface area (Å²) in [6.45, 7) is 4.23. The Kier molecular flexibility index (Phi) is 5.97. The van der Waals surface area contributed by atoms with Crippen molar-refractivity contribution < 1.29 is 23.8 Å². The zero-order chi connectivity index (χ0) is 21.0. The van der Waals surface area contributed by atoms with Gasteiger partial charge in [-0.3, -0.25) is 0 Å². The van der Waals surface area contributed by atoms with Gasteiger partial charge < -0.3 is 14.2 Å². The highest BCUT2D eigenvalue weighted by Crippen LogP contribution is 2.35. The molecule has 1 aromatic heterocycles. The molecule has 0 atom stereocenters. The lowest BCUT2D eigenvalue weighted by molar-refractivity contribution is 0.0549. The van der Waals surface area contributed by atoms with Crippen molar-refractivity contribution in [3.8, 4) is 22.7 Å². The van der Waals surface area contributed by atoms with Crippen LogP contribution < -0.4 is 4.74 Å². The summed E-state index contributed by atoms with van der Waals surface area (Å²) in [6.07, 6.45) is 0. The lowest BCUT2D eigenvalue weighted by Gasteiger charge is -2.10. The van der Waals surface area contributed by atoms with Gasteiger partial charge in [-0.25, -0.2) is 14.3 Å². The number of hydrogen-bond acceptors (Lipinski definition) is 6. The molecule has 0 spiro atoms. The Morgan fingerprint density at radius 3 is 2.31 bits per heavy atom. The van der Waals surface area contributed by atoms with Crippen molar-refractivity contribution in [2.75, 3.05) is 20.8 Å². The minimum absolute atomic E-state index is 0.00972. The topological polar surface area (TPSA) is 79.7 Å². The molecule has 0 amide bonds. The van der Waals surface area contributed by atoms with E-state index in [-0.39, 0.29) is 17.0 Å². The van der Waals surface area contributed by atoms with Gasteiger partial charge in [0.1, 0.15) is 17.0 Å². The third-order valence-corrected chi connectivity index (χ3v) is 4.34. The molecule has 3 rings (SSSR count). The predicted octanol–water partition coefficient (Wildman–Crippen LogP) is 3.82. The predicted molar refractivity (Wildman–Crippen MR) is 108 cm³/mol. The van der Waals surface area contributed by atoms with E-state index >= 15 is 0 Å². The van der Waals surface area contributed by atoms with Gasteiger partial charge >= 0.3 is 11.9 Å². The van der Waals surface area contributed by atoms with Crippen molar-refractivity contribution in [3.05, 3.63) is 65.4 Å². The summed E-state index contributed by atoms with van der Waals surface area (Å²) in [5, 5.41) is 4.61. The molecule has 1 heterocycles. The number of rotatable bonds is 6. The lowest BCUT2D eigenvalue weighted by atomic mass is 10.0. The van der Waals surface area contributed by atoms with Crippen LogP contribution in [-0.2, 0) is 9.47 Å². The number of methoxy groups -OCH3 is 2. The molecule has 7 nitrogen and oxygen atoms in total. The molecular weight excluding hydrogens is 372 g/mol. The Morgan fingerprint density at radius 1 is 1.00 bits per heavy atom. The Morgan fingerprint density at radius 2 is 1.69 bits per heavy atom. The summed E-state index contributed by atoms with van der Waals surface area (Å²) in [4.78, 5) is 25.4. The first-order valence-corrected chi connectivity index (χ1v) is 9.10. The highest BCUT2D eigenvalue weighted by molar-refractivity contribution is 6.07. The number of aromatic nitrogens is 2. The summed E-state index contributed by atoms with van der Waals surface area (Å²) in [5.41, 5.74) is 2.45. The molecule has 0 fully saturated rings. The summed E-state index contributed by atoms with van der Waals surface area (Å²) in [7, 11) is 2.51. The Hall–Kier alpha value is -3.61. The van der Waals surface area contributed by atoms with E-state index in [4.69, 9.17) is 14.2 Å². The van der Waals surface area contributed by atoms with Gasteiger partial charge in [0.05, 0.1) is 26.5 Å². The highest BCUT2D eigenvalue weighted by Gasteiger charge is 2.32. The van der Waals surface area contributed by atoms with E-state index in [2.05, 4.69) is 5.10 Å². The first-order valence-electron chi connectivity index (χ1n) is 9.10. The molecule has 7 heteroatoms. The molecular formula is C22H22N2O5. The molecule has 0 aliphatic heterocycles. The first kappa shape index (κ1) is 20.1. The molecule has 0 saturated carbocycles. The second-order valence-electron chi connectivity index (χ2n) is 6.24. The average molecular weight is 394 g/mol. The van der Waals surface area contributed by atoms with E-state index in [9.17, 15) is 9.59 Å². The van der Waals surface area contributed by atoms with Crippen molar-refractivity contribution in [2.45, 2.75) is 13.8 Å². The first-order chi connectivity index (χ1) is 14.0. The van der Waals surface area contributed by atoms with E-state index in [1.165, 1.54) is 18.9 Å². The van der Waals surface area contributed by atoms with Crippen molar-refractivity contribution >= 4 is 11.9 Å². The Labute approximate surface area is 168 Å². The number of ether oxygens (including phenoxy) is 3. The number of carbonyl (C=O) groups is 2. The normalized spacial score (nSPS) is 10.5. The van der Waals surface area contributed by atoms with Gasteiger partial charge in [0, 0.05) is 5.56 Å². The second-order valence-corrected chi connectivity index (χ2v) is 6.24. The summed E-state index contributed by atoms with van der Waals surface area (Å²) in [5.74, 6) is -0.831. The number of benzene rings is 2. The fourth-order valence-corrected chi connectivity index (χ4v) is 3.05. The van der Waals surface area contributed by atoms with Crippen LogP contribution >= 0.6 is 0 Å². The standard InChI is InChI=1S/C22H22N2O5/c1-5-29-17-12-11-14(2)13-16(17)19-18(21(25)27-3)20(22(26)28-4)24(23-19)15-9-7-6-8-10-15/h6-13H,5H2,1-4H3. The molecule has 150 valence electrons. The number of para-hydroxylation sites is 1. The highest BCUT2D eigenvalue weighted by atomic mass is 16.5. The maximum atomic E-state index is 12.7. The van der Waals surface area contributed by atoms with Crippen LogP contribution in [0.3, 0.4) is 0 Å². The van der Waals surface area contributed by atoms with Crippen LogP contribution in [0.5, 0.6) is 5.75 Å². The minimum atomic E-state index is -0.696. The number of aryl methyl sites for hydroxylation is 1. The van der Waals surface area contributed by atoms with Crippen LogP contribution in [0.15, 0.2) is 48.5 Å². The molecule has 2 aromatic carbocycles. The summed E-state index contributed by atoms with van der Waals surface area (Å²) in [6, 6.07) is 14.6. The zero-order valence-electron chi connectivity index (χ0n) is 16.8. The monoisotopic (exact) mass is 394 g/mol. The number of carbonyl (C=O) groups excluding carboxylic acids is 2. The van der Waals surface area contributed by atoms with Crippen molar-refractivity contribution in [3.63, 3.8) is 0 Å². The molecule has 29 heavy (non-hydrogen) atoms. The third kappa shape index (κ3) is 3.85. The van der Waals surface area contributed by atoms with Crippen LogP contribution in [0.4, 0.5) is 0 Å². The Bertz CT molecular complexity index is 1040. The lowest BCUT2D eigenvalue weighted by Crippen LogP contribution is -2.15.